The van der Waals surface area contributed by atoms with Gasteiger partial charge in [0.2, 0.25) is 5.88 Å². The predicted octanol–water partition coefficient (Wildman–Crippen LogP) is 4.45. The van der Waals surface area contributed by atoms with Gasteiger partial charge in [-0.3, -0.25) is 4.40 Å². The largest absolute Gasteiger partial charge is 0.481 e. The molecule has 0 bridgehead atoms. The van der Waals surface area contributed by atoms with E-state index in [1.807, 2.05) is 47.9 Å². The lowest BCUT2D eigenvalue weighted by Crippen LogP contribution is -1.98. The lowest BCUT2D eigenvalue weighted by molar-refractivity contribution is 0.391. The Hall–Kier alpha value is -2.44. The SMILES string of the molecule is COc1c(C#N)c(C)cc2cc(-c3ccc(Cl)cc3)cn12. The van der Waals surface area contributed by atoms with E-state index in [1.165, 1.54) is 0 Å². The number of nitriles is 1. The summed E-state index contributed by atoms with van der Waals surface area (Å²) in [6, 6.07) is 13.9. The summed E-state index contributed by atoms with van der Waals surface area (Å²) < 4.78 is 7.32. The molecule has 2 heterocycles. The first kappa shape index (κ1) is 13.5. The zero-order chi connectivity index (χ0) is 15.0. The summed E-state index contributed by atoms with van der Waals surface area (Å²) in [6.45, 7) is 1.91. The first-order valence-corrected chi connectivity index (χ1v) is 6.87. The minimum Gasteiger partial charge on any atom is -0.481 e. The molecule has 0 spiro atoms. The average Bonchev–Trinajstić information content (AvgIpc) is 2.89. The first-order valence-electron chi connectivity index (χ1n) is 6.50. The highest BCUT2D eigenvalue weighted by atomic mass is 35.5. The van der Waals surface area contributed by atoms with Gasteiger partial charge in [0.15, 0.2) is 0 Å². The van der Waals surface area contributed by atoms with E-state index in [0.29, 0.717) is 16.5 Å². The molecule has 0 radical (unpaired) electrons. The number of nitrogens with zero attached hydrogens (tertiary/aromatic N) is 2. The minimum atomic E-state index is 0.559. The number of aryl methyl sites for hydroxylation is 1. The number of hydrogen-bond acceptors (Lipinski definition) is 2. The van der Waals surface area contributed by atoms with Crippen LogP contribution in [0, 0.1) is 18.3 Å². The van der Waals surface area contributed by atoms with Gasteiger partial charge in [0.25, 0.3) is 0 Å². The van der Waals surface area contributed by atoms with Crippen molar-refractivity contribution in [3.8, 4) is 23.1 Å². The van der Waals surface area contributed by atoms with E-state index >= 15 is 0 Å². The number of aromatic nitrogens is 1. The van der Waals surface area contributed by atoms with Gasteiger partial charge in [-0.1, -0.05) is 23.7 Å². The van der Waals surface area contributed by atoms with E-state index in [4.69, 9.17) is 16.3 Å². The molecular weight excluding hydrogens is 284 g/mol. The van der Waals surface area contributed by atoms with Crippen LogP contribution in [0.15, 0.2) is 42.6 Å². The molecule has 0 saturated carbocycles. The van der Waals surface area contributed by atoms with Crippen molar-refractivity contribution in [1.29, 1.82) is 5.26 Å². The standard InChI is InChI=1S/C17H13ClN2O/c1-11-7-15-8-13(12-3-5-14(18)6-4-12)10-20(15)17(21-2)16(11)9-19/h3-8,10H,1-2H3. The molecule has 0 saturated heterocycles. The molecule has 0 aliphatic rings. The lowest BCUT2D eigenvalue weighted by Gasteiger charge is -2.08. The number of rotatable bonds is 2. The molecule has 0 aliphatic carbocycles. The van der Waals surface area contributed by atoms with Gasteiger partial charge in [-0.25, -0.2) is 0 Å². The van der Waals surface area contributed by atoms with Crippen molar-refractivity contribution in [3.05, 3.63) is 58.7 Å². The third-order valence-corrected chi connectivity index (χ3v) is 3.78. The highest BCUT2D eigenvalue weighted by molar-refractivity contribution is 6.30. The van der Waals surface area contributed by atoms with Crippen LogP contribution in [0.1, 0.15) is 11.1 Å². The molecule has 3 nitrogen and oxygen atoms in total. The maximum atomic E-state index is 9.29. The van der Waals surface area contributed by atoms with Gasteiger partial charge in [-0.2, -0.15) is 5.26 Å². The van der Waals surface area contributed by atoms with Crippen LogP contribution in [0.2, 0.25) is 5.02 Å². The molecule has 104 valence electrons. The highest BCUT2D eigenvalue weighted by Gasteiger charge is 2.13. The van der Waals surface area contributed by atoms with Gasteiger partial charge >= 0.3 is 0 Å². The van der Waals surface area contributed by atoms with Gasteiger partial charge in [0, 0.05) is 22.3 Å². The smallest absolute Gasteiger partial charge is 0.216 e. The van der Waals surface area contributed by atoms with Gasteiger partial charge in [0.1, 0.15) is 11.6 Å². The monoisotopic (exact) mass is 296 g/mol. The Labute approximate surface area is 128 Å². The third-order valence-electron chi connectivity index (χ3n) is 3.52. The molecule has 4 heteroatoms. The zero-order valence-electron chi connectivity index (χ0n) is 11.7. The van der Waals surface area contributed by atoms with E-state index in [-0.39, 0.29) is 0 Å². The molecule has 0 amide bonds. The van der Waals surface area contributed by atoms with Crippen LogP contribution in [0.5, 0.6) is 5.88 Å². The Morgan fingerprint density at radius 2 is 1.86 bits per heavy atom. The lowest BCUT2D eigenvalue weighted by atomic mass is 10.1. The van der Waals surface area contributed by atoms with Crippen molar-refractivity contribution in [2.24, 2.45) is 0 Å². The fraction of sp³-hybridized carbons (Fsp3) is 0.118. The molecule has 0 fully saturated rings. The quantitative estimate of drug-likeness (QED) is 0.700. The van der Waals surface area contributed by atoms with Crippen molar-refractivity contribution in [2.75, 3.05) is 7.11 Å². The van der Waals surface area contributed by atoms with Crippen LogP contribution in [0.25, 0.3) is 16.6 Å². The average molecular weight is 297 g/mol. The van der Waals surface area contributed by atoms with Gasteiger partial charge in [-0.05, 0) is 42.3 Å². The first-order chi connectivity index (χ1) is 10.1. The number of pyridine rings is 1. The minimum absolute atomic E-state index is 0.559. The fourth-order valence-electron chi connectivity index (χ4n) is 2.49. The maximum absolute atomic E-state index is 9.29. The Balaban J connectivity index is 2.25. The predicted molar refractivity (Wildman–Crippen MR) is 83.8 cm³/mol. The summed E-state index contributed by atoms with van der Waals surface area (Å²) in [6.07, 6.45) is 1.97. The summed E-state index contributed by atoms with van der Waals surface area (Å²) in [4.78, 5) is 0. The Morgan fingerprint density at radius 1 is 1.14 bits per heavy atom. The molecule has 0 aliphatic heterocycles. The molecular formula is C17H13ClN2O. The van der Waals surface area contributed by atoms with E-state index in [2.05, 4.69) is 12.1 Å². The number of benzene rings is 1. The van der Waals surface area contributed by atoms with E-state index in [0.717, 1.165) is 22.2 Å². The molecule has 0 unspecified atom stereocenters. The Kier molecular flexibility index (Phi) is 3.32. The molecule has 0 N–H and O–H groups in total. The fourth-order valence-corrected chi connectivity index (χ4v) is 2.61. The van der Waals surface area contributed by atoms with Crippen molar-refractivity contribution >= 4 is 17.1 Å². The van der Waals surface area contributed by atoms with E-state index in [1.54, 1.807) is 7.11 Å². The summed E-state index contributed by atoms with van der Waals surface area (Å²) in [5.41, 5.74) is 4.58. The summed E-state index contributed by atoms with van der Waals surface area (Å²) >= 11 is 5.92. The van der Waals surface area contributed by atoms with E-state index < -0.39 is 0 Å². The second kappa shape index (κ2) is 5.16. The maximum Gasteiger partial charge on any atom is 0.216 e. The second-order valence-corrected chi connectivity index (χ2v) is 5.29. The number of hydrogen-bond donors (Lipinski definition) is 0. The molecule has 21 heavy (non-hydrogen) atoms. The zero-order valence-corrected chi connectivity index (χ0v) is 12.5. The van der Waals surface area contributed by atoms with Crippen LogP contribution in [0.3, 0.4) is 0 Å². The molecule has 3 rings (SSSR count). The van der Waals surface area contributed by atoms with Gasteiger partial charge < -0.3 is 4.74 Å². The Bertz CT molecular complexity index is 857. The van der Waals surface area contributed by atoms with Crippen molar-refractivity contribution in [1.82, 2.24) is 4.40 Å². The molecule has 3 aromatic rings. The summed E-state index contributed by atoms with van der Waals surface area (Å²) in [7, 11) is 1.58. The third kappa shape index (κ3) is 2.24. The second-order valence-electron chi connectivity index (χ2n) is 4.85. The van der Waals surface area contributed by atoms with Crippen LogP contribution in [0.4, 0.5) is 0 Å². The number of halogens is 1. The molecule has 1 aromatic carbocycles. The van der Waals surface area contributed by atoms with Gasteiger partial charge in [-0.15, -0.1) is 0 Å². The van der Waals surface area contributed by atoms with Crippen LogP contribution >= 0.6 is 11.6 Å². The summed E-state index contributed by atoms with van der Waals surface area (Å²) in [5, 5.41) is 10.00. The molecule has 2 aromatic heterocycles. The topological polar surface area (TPSA) is 37.4 Å². The van der Waals surface area contributed by atoms with Crippen LogP contribution in [-0.2, 0) is 0 Å². The van der Waals surface area contributed by atoms with Crippen molar-refractivity contribution in [2.45, 2.75) is 6.92 Å². The van der Waals surface area contributed by atoms with E-state index in [9.17, 15) is 5.26 Å². The van der Waals surface area contributed by atoms with Crippen LogP contribution < -0.4 is 4.74 Å². The number of methoxy groups -OCH3 is 1. The number of fused-ring (bicyclic) bond motifs is 1. The molecule has 0 atom stereocenters. The van der Waals surface area contributed by atoms with Gasteiger partial charge in [0.05, 0.1) is 7.11 Å². The van der Waals surface area contributed by atoms with Crippen LogP contribution in [-0.4, -0.2) is 11.5 Å². The summed E-state index contributed by atoms with van der Waals surface area (Å²) in [5.74, 6) is 0.563. The van der Waals surface area contributed by atoms with Crippen molar-refractivity contribution in [3.63, 3.8) is 0 Å². The normalized spacial score (nSPS) is 10.6. The Morgan fingerprint density at radius 3 is 2.48 bits per heavy atom. The van der Waals surface area contributed by atoms with Crippen molar-refractivity contribution < 1.29 is 4.74 Å². The highest BCUT2D eigenvalue weighted by Crippen LogP contribution is 2.30. The number of ether oxygens (including phenoxy) is 1.